The van der Waals surface area contributed by atoms with Gasteiger partial charge in [-0.15, -0.1) is 0 Å². The number of anilines is 2. The Morgan fingerprint density at radius 2 is 2.03 bits per heavy atom. The Kier molecular flexibility index (Phi) is 6.48. The molecule has 0 atom stereocenters. The summed E-state index contributed by atoms with van der Waals surface area (Å²) >= 11 is 0. The third-order valence-electron chi connectivity index (χ3n) is 5.67. The molecule has 2 heterocycles. The Balaban J connectivity index is 1.48. The lowest BCUT2D eigenvalue weighted by Crippen LogP contribution is -2.23. The molecule has 0 saturated carbocycles. The van der Waals surface area contributed by atoms with Crippen molar-refractivity contribution in [1.82, 2.24) is 9.55 Å². The van der Waals surface area contributed by atoms with Gasteiger partial charge in [0.15, 0.2) is 0 Å². The van der Waals surface area contributed by atoms with E-state index in [-0.39, 0.29) is 23.1 Å². The van der Waals surface area contributed by atoms with Crippen molar-refractivity contribution in [2.45, 2.75) is 50.5 Å². The maximum atomic E-state index is 12.6. The number of rotatable bonds is 8. The van der Waals surface area contributed by atoms with Crippen molar-refractivity contribution in [3.8, 4) is 0 Å². The van der Waals surface area contributed by atoms with E-state index in [1.54, 1.807) is 17.0 Å². The van der Waals surface area contributed by atoms with Crippen molar-refractivity contribution in [3.63, 3.8) is 0 Å². The van der Waals surface area contributed by atoms with Gasteiger partial charge in [-0.1, -0.05) is 13.0 Å². The van der Waals surface area contributed by atoms with Crippen molar-refractivity contribution in [2.24, 2.45) is 5.14 Å². The summed E-state index contributed by atoms with van der Waals surface area (Å²) in [6.45, 7) is 3.43. The number of hydrogen-bond acceptors (Lipinski definition) is 5. The predicted octanol–water partition coefficient (Wildman–Crippen LogP) is 2.79. The zero-order chi connectivity index (χ0) is 23.6. The number of benzene rings is 2. The topological polar surface area (TPSA) is 127 Å². The summed E-state index contributed by atoms with van der Waals surface area (Å²) < 4.78 is 25.4. The van der Waals surface area contributed by atoms with Crippen LogP contribution in [0.1, 0.15) is 38.4 Å². The zero-order valence-electron chi connectivity index (χ0n) is 18.5. The molecule has 1 aliphatic rings. The number of carbonyl (C=O) groups is 2. The van der Waals surface area contributed by atoms with Crippen LogP contribution in [-0.2, 0) is 32.6 Å². The number of aromatic nitrogens is 2. The van der Waals surface area contributed by atoms with Gasteiger partial charge in [0.2, 0.25) is 21.8 Å². The second-order valence-corrected chi connectivity index (χ2v) is 9.68. The summed E-state index contributed by atoms with van der Waals surface area (Å²) in [5.41, 5.74) is 2.76. The first kappa shape index (κ1) is 22.9. The second-order valence-electron chi connectivity index (χ2n) is 8.12. The summed E-state index contributed by atoms with van der Waals surface area (Å²) in [4.78, 5) is 30.9. The van der Waals surface area contributed by atoms with Gasteiger partial charge in [-0.3, -0.25) is 9.59 Å². The van der Waals surface area contributed by atoms with Crippen LogP contribution in [0.15, 0.2) is 47.4 Å². The first-order chi connectivity index (χ1) is 15.8. The smallest absolute Gasteiger partial charge is 0.238 e. The van der Waals surface area contributed by atoms with E-state index in [0.29, 0.717) is 43.0 Å². The van der Waals surface area contributed by atoms with Gasteiger partial charge in [-0.2, -0.15) is 0 Å². The molecule has 1 aromatic heterocycles. The first-order valence-corrected chi connectivity index (χ1v) is 12.5. The Morgan fingerprint density at radius 3 is 2.73 bits per heavy atom. The number of nitrogens with two attached hydrogens (primary N) is 1. The third kappa shape index (κ3) is 5.07. The number of hydrogen-bond donors (Lipinski definition) is 2. The lowest BCUT2D eigenvalue weighted by Gasteiger charge is -2.16. The van der Waals surface area contributed by atoms with Gasteiger partial charge < -0.3 is 14.8 Å². The van der Waals surface area contributed by atoms with Gasteiger partial charge in [0.05, 0.1) is 15.9 Å². The molecule has 0 spiro atoms. The minimum absolute atomic E-state index is 0.0109. The van der Waals surface area contributed by atoms with E-state index in [1.807, 2.05) is 29.7 Å². The van der Waals surface area contributed by atoms with E-state index < -0.39 is 10.0 Å². The van der Waals surface area contributed by atoms with E-state index in [2.05, 4.69) is 10.3 Å². The molecule has 10 heteroatoms. The number of nitrogens with one attached hydrogen (secondary N) is 1. The Bertz CT molecular complexity index is 1320. The summed E-state index contributed by atoms with van der Waals surface area (Å²) in [5.74, 6) is 0.643. The van der Waals surface area contributed by atoms with Crippen molar-refractivity contribution in [2.75, 3.05) is 16.8 Å². The Hall–Kier alpha value is -3.24. The molecular weight excluding hydrogens is 442 g/mol. The SMILES string of the molecule is CCCn1c(CCC(=O)Nc2cccc(N3CCCC3=O)c2)nc2cc(S(N)(=O)=O)ccc21. The molecule has 1 saturated heterocycles. The van der Waals surface area contributed by atoms with Crippen LogP contribution >= 0.6 is 0 Å². The van der Waals surface area contributed by atoms with Crippen LogP contribution in [0.3, 0.4) is 0 Å². The highest BCUT2D eigenvalue weighted by atomic mass is 32.2. The highest BCUT2D eigenvalue weighted by Gasteiger charge is 2.22. The summed E-state index contributed by atoms with van der Waals surface area (Å²) in [6.07, 6.45) is 2.86. The Morgan fingerprint density at radius 1 is 1.21 bits per heavy atom. The van der Waals surface area contributed by atoms with Gasteiger partial charge >= 0.3 is 0 Å². The molecule has 0 unspecified atom stereocenters. The van der Waals surface area contributed by atoms with Crippen LogP contribution in [-0.4, -0.2) is 36.3 Å². The number of primary sulfonamides is 1. The van der Waals surface area contributed by atoms with Crippen molar-refractivity contribution in [1.29, 1.82) is 0 Å². The number of carbonyl (C=O) groups excluding carboxylic acids is 2. The maximum Gasteiger partial charge on any atom is 0.238 e. The number of imidazole rings is 1. The first-order valence-electron chi connectivity index (χ1n) is 11.0. The molecule has 0 radical (unpaired) electrons. The summed E-state index contributed by atoms with van der Waals surface area (Å²) in [6, 6.07) is 11.9. The van der Waals surface area contributed by atoms with Gasteiger partial charge in [0.1, 0.15) is 5.82 Å². The molecular formula is C23H27N5O4S. The van der Waals surface area contributed by atoms with Crippen LogP contribution in [0.2, 0.25) is 0 Å². The zero-order valence-corrected chi connectivity index (χ0v) is 19.3. The lowest BCUT2D eigenvalue weighted by atomic mass is 10.2. The molecule has 2 amide bonds. The molecule has 0 aliphatic carbocycles. The summed E-state index contributed by atoms with van der Waals surface area (Å²) in [7, 11) is -3.82. The number of nitrogens with zero attached hydrogens (tertiary/aromatic N) is 3. The fourth-order valence-corrected chi connectivity index (χ4v) is 4.66. The molecule has 1 fully saturated rings. The average molecular weight is 470 g/mol. The number of sulfonamides is 1. The highest BCUT2D eigenvalue weighted by Crippen LogP contribution is 2.25. The number of aryl methyl sites for hydroxylation is 2. The van der Waals surface area contributed by atoms with Crippen LogP contribution in [0.5, 0.6) is 0 Å². The van der Waals surface area contributed by atoms with E-state index in [0.717, 1.165) is 24.0 Å². The van der Waals surface area contributed by atoms with E-state index in [1.165, 1.54) is 12.1 Å². The van der Waals surface area contributed by atoms with Gasteiger partial charge in [0.25, 0.3) is 0 Å². The van der Waals surface area contributed by atoms with Crippen LogP contribution in [0.25, 0.3) is 11.0 Å². The van der Waals surface area contributed by atoms with Crippen molar-refractivity contribution in [3.05, 3.63) is 48.3 Å². The molecule has 33 heavy (non-hydrogen) atoms. The van der Waals surface area contributed by atoms with Crippen LogP contribution in [0, 0.1) is 0 Å². The number of amides is 2. The predicted molar refractivity (Wildman–Crippen MR) is 126 cm³/mol. The van der Waals surface area contributed by atoms with Crippen molar-refractivity contribution < 1.29 is 18.0 Å². The molecule has 1 aliphatic heterocycles. The maximum absolute atomic E-state index is 12.6. The average Bonchev–Trinajstić information content (AvgIpc) is 3.35. The van der Waals surface area contributed by atoms with E-state index in [4.69, 9.17) is 5.14 Å². The fourth-order valence-electron chi connectivity index (χ4n) is 4.12. The minimum Gasteiger partial charge on any atom is -0.328 e. The van der Waals surface area contributed by atoms with Crippen LogP contribution in [0.4, 0.5) is 11.4 Å². The van der Waals surface area contributed by atoms with Crippen molar-refractivity contribution >= 4 is 44.2 Å². The van der Waals surface area contributed by atoms with Gasteiger partial charge in [-0.25, -0.2) is 18.5 Å². The monoisotopic (exact) mass is 469 g/mol. The minimum atomic E-state index is -3.82. The molecule has 2 aromatic carbocycles. The normalized spacial score (nSPS) is 14.2. The lowest BCUT2D eigenvalue weighted by molar-refractivity contribution is -0.117. The van der Waals surface area contributed by atoms with Crippen LogP contribution < -0.4 is 15.4 Å². The standard InChI is InChI=1S/C23H27N5O4S/c1-2-12-28-20-9-8-18(33(24,31)32)15-19(20)26-21(28)10-11-22(29)25-16-5-3-6-17(14-16)27-13-4-7-23(27)30/h3,5-6,8-9,14-15H,2,4,7,10-13H2,1H3,(H,25,29)(H2,24,31,32). The van der Waals surface area contributed by atoms with Gasteiger partial charge in [-0.05, 0) is 49.2 Å². The summed E-state index contributed by atoms with van der Waals surface area (Å²) in [5, 5.41) is 8.14. The Labute approximate surface area is 192 Å². The number of fused-ring (bicyclic) bond motifs is 1. The molecule has 174 valence electrons. The molecule has 3 aromatic rings. The van der Waals surface area contributed by atoms with E-state index >= 15 is 0 Å². The molecule has 9 nitrogen and oxygen atoms in total. The third-order valence-corrected chi connectivity index (χ3v) is 6.58. The van der Waals surface area contributed by atoms with E-state index in [9.17, 15) is 18.0 Å². The quantitative estimate of drug-likeness (QED) is 0.524. The largest absolute Gasteiger partial charge is 0.328 e. The highest BCUT2D eigenvalue weighted by molar-refractivity contribution is 7.89. The molecule has 4 rings (SSSR count). The fraction of sp³-hybridized carbons (Fsp3) is 0.348. The molecule has 3 N–H and O–H groups in total. The second kappa shape index (κ2) is 9.32. The van der Waals surface area contributed by atoms with Gasteiger partial charge in [0, 0.05) is 43.7 Å². The molecule has 0 bridgehead atoms.